The zero-order chi connectivity index (χ0) is 30.5. The van der Waals surface area contributed by atoms with Crippen LogP contribution in [0.1, 0.15) is 28.4 Å². The molecular weight excluding hydrogens is 577 g/mol. The fraction of sp³-hybridized carbons (Fsp3) is 0.185. The normalized spacial score (nSPS) is 16.2. The van der Waals surface area contributed by atoms with E-state index < -0.39 is 81.0 Å². The molecule has 2 unspecified atom stereocenters. The zero-order valence-corrected chi connectivity index (χ0v) is 20.9. The Balaban J connectivity index is 1.69. The number of fused-ring (bicyclic) bond motifs is 1. The van der Waals surface area contributed by atoms with E-state index in [4.69, 9.17) is 0 Å². The Bertz CT molecular complexity index is 1790. The largest absolute Gasteiger partial charge is 0.413 e. The molecule has 0 spiro atoms. The van der Waals surface area contributed by atoms with Crippen molar-refractivity contribution < 1.29 is 45.4 Å². The molecule has 1 fully saturated rings. The first-order chi connectivity index (χ1) is 19.8. The summed E-state index contributed by atoms with van der Waals surface area (Å²) in [5.41, 5.74) is -4.57. The Kier molecular flexibility index (Phi) is 7.22. The fourth-order valence-electron chi connectivity index (χ4n) is 4.59. The average Bonchev–Trinajstić information content (AvgIpc) is 3.25. The molecule has 42 heavy (non-hydrogen) atoms. The van der Waals surface area contributed by atoms with Crippen LogP contribution in [0.5, 0.6) is 0 Å². The molecule has 0 radical (unpaired) electrons. The van der Waals surface area contributed by atoms with E-state index in [0.717, 1.165) is 33.7 Å². The molecule has 2 atom stereocenters. The second kappa shape index (κ2) is 10.6. The van der Waals surface area contributed by atoms with Gasteiger partial charge in [-0.25, -0.2) is 22.5 Å². The van der Waals surface area contributed by atoms with E-state index in [1.807, 2.05) is 0 Å². The lowest BCUT2D eigenvalue weighted by molar-refractivity contribution is -0.156. The number of benzene rings is 2. The van der Waals surface area contributed by atoms with Gasteiger partial charge in [0.2, 0.25) is 11.3 Å². The molecule has 1 aliphatic heterocycles. The van der Waals surface area contributed by atoms with E-state index in [9.17, 15) is 50.2 Å². The minimum absolute atomic E-state index is 0.0796. The van der Waals surface area contributed by atoms with Crippen LogP contribution in [0.3, 0.4) is 0 Å². The van der Waals surface area contributed by atoms with Gasteiger partial charge in [0.25, 0.3) is 5.91 Å². The summed E-state index contributed by atoms with van der Waals surface area (Å²) < 4.78 is 99.6. The van der Waals surface area contributed by atoms with Gasteiger partial charge in [-0.05, 0) is 36.4 Å². The highest BCUT2D eigenvalue weighted by Crippen LogP contribution is 2.36. The molecule has 5 rings (SSSR count). The van der Waals surface area contributed by atoms with Crippen molar-refractivity contribution >= 4 is 28.7 Å². The molecule has 2 aromatic heterocycles. The van der Waals surface area contributed by atoms with Crippen LogP contribution in [0.4, 0.5) is 36.6 Å². The first kappa shape index (κ1) is 28.7. The summed E-state index contributed by atoms with van der Waals surface area (Å²) in [6.07, 6.45) is -6.01. The highest BCUT2D eigenvalue weighted by Gasteiger charge is 2.45. The zero-order valence-electron chi connectivity index (χ0n) is 20.9. The van der Waals surface area contributed by atoms with Crippen molar-refractivity contribution in [1.82, 2.24) is 14.9 Å². The number of amides is 2. The quantitative estimate of drug-likeness (QED) is 0.339. The number of pyridine rings is 2. The Morgan fingerprint density at radius 1 is 1.00 bits per heavy atom. The number of halogens is 7. The number of rotatable bonds is 5. The lowest BCUT2D eigenvalue weighted by Gasteiger charge is -2.23. The highest BCUT2D eigenvalue weighted by molar-refractivity contribution is 5.99. The summed E-state index contributed by atoms with van der Waals surface area (Å²) in [5, 5.41) is 10.8. The van der Waals surface area contributed by atoms with Gasteiger partial charge in [-0.2, -0.15) is 13.2 Å². The number of hydrogen-bond acceptors (Lipinski definition) is 5. The number of β-amino-alcohol motifs (C(OH)–C–C–N with tert-alkyl or cyclic N) is 1. The van der Waals surface area contributed by atoms with Crippen LogP contribution in [-0.4, -0.2) is 45.3 Å². The molecule has 218 valence electrons. The molecule has 8 nitrogen and oxygen atoms in total. The van der Waals surface area contributed by atoms with E-state index in [-0.39, 0.29) is 24.4 Å². The van der Waals surface area contributed by atoms with Crippen LogP contribution >= 0.6 is 0 Å². The fourth-order valence-corrected chi connectivity index (χ4v) is 4.59. The van der Waals surface area contributed by atoms with E-state index >= 15 is 0 Å². The SMILES string of the molecule is O=C(NC(c1c(F)cccc1F)C(F)(F)F)c1cn(-c2ccc(F)cc2F)c2nc(N3CC(O)CC3=O)ccc2c1=O. The van der Waals surface area contributed by atoms with Gasteiger partial charge in [-0.1, -0.05) is 6.07 Å². The molecule has 0 bridgehead atoms. The van der Waals surface area contributed by atoms with Crippen LogP contribution < -0.4 is 15.6 Å². The maximum Gasteiger partial charge on any atom is 0.413 e. The standard InChI is InChI=1S/C27H17F7N4O4/c28-12-4-6-19(18(31)8-12)37-11-15(26(42)36-24(27(32,33)34)22-16(29)2-1-3-17(22)30)23(41)14-5-7-20(35-25(14)37)38-10-13(39)9-21(38)40/h1-8,11,13,24,39H,9-10H2,(H,36,42). The first-order valence-corrected chi connectivity index (χ1v) is 12.1. The van der Waals surface area contributed by atoms with Gasteiger partial charge in [-0.15, -0.1) is 0 Å². The summed E-state index contributed by atoms with van der Waals surface area (Å²) in [6.45, 7) is -0.154. The van der Waals surface area contributed by atoms with Crippen LogP contribution in [-0.2, 0) is 4.79 Å². The van der Waals surface area contributed by atoms with E-state index in [2.05, 4.69) is 4.98 Å². The lowest BCUT2D eigenvalue weighted by atomic mass is 10.0. The summed E-state index contributed by atoms with van der Waals surface area (Å²) >= 11 is 0. The number of carbonyl (C=O) groups is 2. The maximum absolute atomic E-state index is 14.9. The summed E-state index contributed by atoms with van der Waals surface area (Å²) in [4.78, 5) is 44.0. The van der Waals surface area contributed by atoms with Crippen LogP contribution in [0.2, 0.25) is 0 Å². The number of aliphatic hydroxyl groups excluding tert-OH is 1. The Morgan fingerprint density at radius 2 is 1.69 bits per heavy atom. The number of anilines is 1. The second-order valence-electron chi connectivity index (χ2n) is 9.32. The molecule has 3 heterocycles. The van der Waals surface area contributed by atoms with Crippen LogP contribution in [0, 0.1) is 23.3 Å². The van der Waals surface area contributed by atoms with Crippen molar-refractivity contribution in [2.24, 2.45) is 0 Å². The highest BCUT2D eigenvalue weighted by atomic mass is 19.4. The van der Waals surface area contributed by atoms with Crippen LogP contribution in [0.25, 0.3) is 16.7 Å². The number of aliphatic hydroxyl groups is 1. The number of alkyl halides is 3. The monoisotopic (exact) mass is 594 g/mol. The molecule has 0 saturated carbocycles. The molecule has 2 aromatic carbocycles. The number of hydrogen-bond donors (Lipinski definition) is 2. The van der Waals surface area contributed by atoms with Crippen molar-refractivity contribution in [3.8, 4) is 5.69 Å². The second-order valence-corrected chi connectivity index (χ2v) is 9.32. The van der Waals surface area contributed by atoms with Crippen molar-refractivity contribution in [3.63, 3.8) is 0 Å². The van der Waals surface area contributed by atoms with E-state index in [0.29, 0.717) is 24.4 Å². The molecule has 4 aromatic rings. The predicted molar refractivity (Wildman–Crippen MR) is 133 cm³/mol. The van der Waals surface area contributed by atoms with E-state index in [1.54, 1.807) is 0 Å². The summed E-state index contributed by atoms with van der Waals surface area (Å²) in [7, 11) is 0. The number of aromatic nitrogens is 2. The van der Waals surface area contributed by atoms with Crippen molar-refractivity contribution in [2.45, 2.75) is 24.7 Å². The summed E-state index contributed by atoms with van der Waals surface area (Å²) in [5.74, 6) is -7.75. The van der Waals surface area contributed by atoms with Crippen molar-refractivity contribution in [3.05, 3.63) is 99.3 Å². The molecule has 15 heteroatoms. The first-order valence-electron chi connectivity index (χ1n) is 12.1. The van der Waals surface area contributed by atoms with Gasteiger partial charge >= 0.3 is 6.18 Å². The van der Waals surface area contributed by atoms with Gasteiger partial charge < -0.3 is 10.4 Å². The molecule has 0 aliphatic carbocycles. The number of nitrogens with one attached hydrogen (secondary N) is 1. The maximum atomic E-state index is 14.9. The minimum atomic E-state index is -5.42. The van der Waals surface area contributed by atoms with E-state index in [1.165, 1.54) is 11.4 Å². The Labute approximate surface area is 230 Å². The average molecular weight is 594 g/mol. The van der Waals surface area contributed by atoms with Gasteiger partial charge in [0.1, 0.15) is 34.7 Å². The predicted octanol–water partition coefficient (Wildman–Crippen LogP) is 4.07. The number of nitrogens with zero attached hydrogens (tertiary/aromatic N) is 3. The molecule has 1 saturated heterocycles. The van der Waals surface area contributed by atoms with Gasteiger partial charge in [0, 0.05) is 12.3 Å². The van der Waals surface area contributed by atoms with Crippen molar-refractivity contribution in [1.29, 1.82) is 0 Å². The Hall–Kier alpha value is -4.79. The lowest BCUT2D eigenvalue weighted by Crippen LogP contribution is -2.41. The third-order valence-electron chi connectivity index (χ3n) is 6.52. The molecule has 2 N–H and O–H groups in total. The minimum Gasteiger partial charge on any atom is -0.391 e. The molecule has 1 aliphatic rings. The molecule has 2 amide bonds. The smallest absolute Gasteiger partial charge is 0.391 e. The third-order valence-corrected chi connectivity index (χ3v) is 6.52. The number of carbonyl (C=O) groups excluding carboxylic acids is 2. The molecular formula is C27H17F7N4O4. The van der Waals surface area contributed by atoms with Gasteiger partial charge in [0.15, 0.2) is 11.7 Å². The topological polar surface area (TPSA) is 105 Å². The van der Waals surface area contributed by atoms with Crippen molar-refractivity contribution in [2.75, 3.05) is 11.4 Å². The summed E-state index contributed by atoms with van der Waals surface area (Å²) in [6, 6.07) is 3.14. The van der Waals surface area contributed by atoms with Gasteiger partial charge in [0.05, 0.1) is 35.7 Å². The Morgan fingerprint density at radius 3 is 2.29 bits per heavy atom. The third kappa shape index (κ3) is 5.18. The van der Waals surface area contributed by atoms with Crippen LogP contribution in [0.15, 0.2) is 59.5 Å². The van der Waals surface area contributed by atoms with Gasteiger partial charge in [-0.3, -0.25) is 23.9 Å².